The van der Waals surface area contributed by atoms with Crippen molar-refractivity contribution in [3.8, 4) is 23.7 Å². The minimum absolute atomic E-state index is 1.11. The lowest BCUT2D eigenvalue weighted by Crippen LogP contribution is -1.70. The zero-order chi connectivity index (χ0) is 12.6. The van der Waals surface area contributed by atoms with Crippen molar-refractivity contribution in [2.75, 3.05) is 0 Å². The van der Waals surface area contributed by atoms with Gasteiger partial charge in [0.05, 0.1) is 0 Å². The summed E-state index contributed by atoms with van der Waals surface area (Å²) >= 11 is 0. The van der Waals surface area contributed by atoms with E-state index < -0.39 is 0 Å². The van der Waals surface area contributed by atoms with Crippen LogP contribution in [0.25, 0.3) is 0 Å². The molecule has 0 atom stereocenters. The van der Waals surface area contributed by atoms with Gasteiger partial charge in [0.15, 0.2) is 0 Å². The van der Waals surface area contributed by atoms with E-state index in [2.05, 4.69) is 36.3 Å². The predicted molar refractivity (Wildman–Crippen MR) is 77.3 cm³/mol. The molecule has 0 aromatic rings. The molecule has 0 nitrogen and oxygen atoms in total. The van der Waals surface area contributed by atoms with Crippen LogP contribution in [0.1, 0.15) is 32.6 Å². The lowest BCUT2D eigenvalue weighted by Gasteiger charge is -1.90. The molecule has 0 heteroatoms. The first-order valence-electron chi connectivity index (χ1n) is 5.96. The second kappa shape index (κ2) is 14.1. The fraction of sp³-hybridized carbons (Fsp3) is 0.294. The molecule has 0 bridgehead atoms. The maximum Gasteiger partial charge on any atom is -0.0102 e. The highest BCUT2D eigenvalue weighted by Gasteiger charge is 1.80. The fourth-order valence-corrected chi connectivity index (χ4v) is 1.07. The van der Waals surface area contributed by atoms with E-state index >= 15 is 0 Å². The minimum atomic E-state index is 1.11. The largest absolute Gasteiger partial charge is 0.103 e. The Balaban J connectivity index is 3.63. The molecule has 0 N–H and O–H groups in total. The molecular weight excluding hydrogens is 204 g/mol. The zero-order valence-corrected chi connectivity index (χ0v) is 10.6. The number of hydrogen-bond donors (Lipinski definition) is 0. The van der Waals surface area contributed by atoms with E-state index in [0.29, 0.717) is 0 Å². The highest BCUT2D eigenvalue weighted by molar-refractivity contribution is 5.34. The summed E-state index contributed by atoms with van der Waals surface area (Å²) in [7, 11) is 0. The van der Waals surface area contributed by atoms with E-state index in [4.69, 9.17) is 0 Å². The SMILES string of the molecule is C=CCCCCC=CC=CC#CC#CC=CC. The van der Waals surface area contributed by atoms with Gasteiger partial charge in [-0.25, -0.2) is 0 Å². The molecule has 0 fully saturated rings. The third-order valence-corrected chi connectivity index (χ3v) is 1.91. The second-order valence-electron chi connectivity index (χ2n) is 3.40. The van der Waals surface area contributed by atoms with E-state index in [1.54, 1.807) is 6.08 Å². The van der Waals surface area contributed by atoms with Crippen molar-refractivity contribution in [2.24, 2.45) is 0 Å². The van der Waals surface area contributed by atoms with Gasteiger partial charge < -0.3 is 0 Å². The van der Waals surface area contributed by atoms with Crippen molar-refractivity contribution in [3.05, 3.63) is 49.1 Å². The van der Waals surface area contributed by atoms with Crippen molar-refractivity contribution in [2.45, 2.75) is 32.6 Å². The van der Waals surface area contributed by atoms with E-state index in [-0.39, 0.29) is 0 Å². The summed E-state index contributed by atoms with van der Waals surface area (Å²) in [6.07, 6.45) is 18.2. The molecule has 0 aromatic heterocycles. The Morgan fingerprint density at radius 3 is 2.35 bits per heavy atom. The zero-order valence-electron chi connectivity index (χ0n) is 10.6. The standard InChI is InChI=1S/C17H20/c1-3-5-7-9-11-13-15-17-16-14-12-10-8-6-4-2/h3-4,6,13,15-17H,1,5,7,9,11H2,2H3. The molecule has 0 aromatic carbocycles. The number of rotatable bonds is 6. The number of hydrogen-bond acceptors (Lipinski definition) is 0. The van der Waals surface area contributed by atoms with Crippen molar-refractivity contribution in [3.63, 3.8) is 0 Å². The van der Waals surface area contributed by atoms with Crippen molar-refractivity contribution in [1.82, 2.24) is 0 Å². The third-order valence-electron chi connectivity index (χ3n) is 1.91. The predicted octanol–water partition coefficient (Wildman–Crippen LogP) is 4.43. The monoisotopic (exact) mass is 224 g/mol. The maximum atomic E-state index is 3.70. The van der Waals surface area contributed by atoms with Gasteiger partial charge in [-0.3, -0.25) is 0 Å². The van der Waals surface area contributed by atoms with Crippen LogP contribution in [0.15, 0.2) is 49.1 Å². The summed E-state index contributed by atoms with van der Waals surface area (Å²) in [6.45, 7) is 5.63. The normalized spacial score (nSPS) is 10.2. The number of allylic oxidation sites excluding steroid dienone is 7. The van der Waals surface area contributed by atoms with Crippen LogP contribution in [0.4, 0.5) is 0 Å². The van der Waals surface area contributed by atoms with Crippen LogP contribution >= 0.6 is 0 Å². The molecule has 88 valence electrons. The van der Waals surface area contributed by atoms with E-state index in [9.17, 15) is 0 Å². The van der Waals surface area contributed by atoms with Crippen LogP contribution in [0, 0.1) is 23.7 Å². The Morgan fingerprint density at radius 2 is 1.65 bits per heavy atom. The summed E-state index contributed by atoms with van der Waals surface area (Å²) in [5.74, 6) is 11.1. The molecule has 0 amide bonds. The molecule has 0 aliphatic rings. The average Bonchev–Trinajstić information content (AvgIpc) is 2.35. The van der Waals surface area contributed by atoms with Crippen molar-refractivity contribution in [1.29, 1.82) is 0 Å². The molecule has 0 saturated carbocycles. The molecular formula is C17H20. The first-order valence-corrected chi connectivity index (χ1v) is 5.96. The van der Waals surface area contributed by atoms with Gasteiger partial charge in [-0.15, -0.1) is 6.58 Å². The first-order chi connectivity index (χ1) is 8.41. The minimum Gasteiger partial charge on any atom is -0.103 e. The highest BCUT2D eigenvalue weighted by Crippen LogP contribution is 2.00. The summed E-state index contributed by atoms with van der Waals surface area (Å²) in [4.78, 5) is 0. The van der Waals surface area contributed by atoms with Gasteiger partial charge in [0, 0.05) is 0 Å². The van der Waals surface area contributed by atoms with Crippen LogP contribution in [0.3, 0.4) is 0 Å². The summed E-state index contributed by atoms with van der Waals surface area (Å²) in [6, 6.07) is 0. The van der Waals surface area contributed by atoms with Gasteiger partial charge in [0.25, 0.3) is 0 Å². The molecule has 0 aliphatic carbocycles. The van der Waals surface area contributed by atoms with Crippen molar-refractivity contribution < 1.29 is 0 Å². The van der Waals surface area contributed by atoms with Crippen LogP contribution in [0.2, 0.25) is 0 Å². The molecule has 0 unspecified atom stereocenters. The van der Waals surface area contributed by atoms with Gasteiger partial charge in [0.2, 0.25) is 0 Å². The highest BCUT2D eigenvalue weighted by atomic mass is 13.9. The summed E-state index contributed by atoms with van der Waals surface area (Å²) in [5.41, 5.74) is 0. The Kier molecular flexibility index (Phi) is 12.5. The maximum absolute atomic E-state index is 3.70. The molecule has 17 heavy (non-hydrogen) atoms. The molecule has 0 saturated heterocycles. The van der Waals surface area contributed by atoms with E-state index in [0.717, 1.165) is 12.8 Å². The molecule has 0 heterocycles. The quantitative estimate of drug-likeness (QED) is 0.271. The lowest BCUT2D eigenvalue weighted by atomic mass is 10.2. The Bertz CT molecular complexity index is 383. The smallest absolute Gasteiger partial charge is 0.0102 e. The van der Waals surface area contributed by atoms with Crippen LogP contribution in [-0.4, -0.2) is 0 Å². The van der Waals surface area contributed by atoms with Crippen molar-refractivity contribution >= 4 is 0 Å². The van der Waals surface area contributed by atoms with Gasteiger partial charge >= 0.3 is 0 Å². The molecule has 0 radical (unpaired) electrons. The average molecular weight is 224 g/mol. The lowest BCUT2D eigenvalue weighted by molar-refractivity contribution is 0.763. The first kappa shape index (κ1) is 15.1. The second-order valence-corrected chi connectivity index (χ2v) is 3.40. The molecule has 0 rings (SSSR count). The topological polar surface area (TPSA) is 0 Å². The molecule has 0 spiro atoms. The summed E-state index contributed by atoms with van der Waals surface area (Å²) in [5, 5.41) is 0. The number of unbranched alkanes of at least 4 members (excludes halogenated alkanes) is 3. The van der Waals surface area contributed by atoms with Gasteiger partial charge in [-0.1, -0.05) is 42.2 Å². The van der Waals surface area contributed by atoms with E-state index in [1.807, 2.05) is 37.3 Å². The van der Waals surface area contributed by atoms with Crippen LogP contribution in [-0.2, 0) is 0 Å². The Labute approximate surface area is 106 Å². The van der Waals surface area contributed by atoms with Crippen LogP contribution in [0.5, 0.6) is 0 Å². The Hall–Kier alpha value is -1.92. The van der Waals surface area contributed by atoms with Gasteiger partial charge in [-0.05, 0) is 56.6 Å². The van der Waals surface area contributed by atoms with Gasteiger partial charge in [0.1, 0.15) is 0 Å². The summed E-state index contributed by atoms with van der Waals surface area (Å²) < 4.78 is 0. The Morgan fingerprint density at radius 1 is 0.941 bits per heavy atom. The van der Waals surface area contributed by atoms with Crippen LogP contribution < -0.4 is 0 Å². The fourth-order valence-electron chi connectivity index (χ4n) is 1.07. The molecule has 0 aliphatic heterocycles. The van der Waals surface area contributed by atoms with Gasteiger partial charge in [-0.2, -0.15) is 0 Å². The van der Waals surface area contributed by atoms with E-state index in [1.165, 1.54) is 12.8 Å². The third kappa shape index (κ3) is 14.1.